The fourth-order valence-corrected chi connectivity index (χ4v) is 88.0. The average Bonchev–Trinajstić information content (AvgIpc) is 3.15. The van der Waals surface area contributed by atoms with Crippen LogP contribution in [0, 0.1) is 0 Å². The van der Waals surface area contributed by atoms with E-state index in [-0.39, 0.29) is 0 Å². The molecular weight excluding hydrogens is 208 g/mol. The Balaban J connectivity index is 0.000000212. The summed E-state index contributed by atoms with van der Waals surface area (Å²) < 4.78 is 0. The van der Waals surface area contributed by atoms with Crippen LogP contribution in [0.3, 0.4) is 0 Å². The van der Waals surface area contributed by atoms with E-state index in [1.54, 1.807) is 48.2 Å². The van der Waals surface area contributed by atoms with Crippen LogP contribution in [0.4, 0.5) is 0 Å². The van der Waals surface area contributed by atoms with Crippen molar-refractivity contribution in [2.24, 2.45) is 0 Å². The van der Waals surface area contributed by atoms with Crippen LogP contribution in [0.2, 0.25) is 48.2 Å². The standard InChI is InChI=1S/2C5H5.Fe.H2O2/c2*1-2-4-5-3-1;;1-2/h2*1-5H;;1-2H. The molecule has 0 aromatic heterocycles. The topological polar surface area (TPSA) is 40.5 Å². The van der Waals surface area contributed by atoms with E-state index in [1.165, 1.54) is 0 Å². The maximum atomic E-state index is 6.00. The first-order valence-electron chi connectivity index (χ1n) is 5.57. The summed E-state index contributed by atoms with van der Waals surface area (Å²) in [6.45, 7) is -2.28. The fourth-order valence-electron chi connectivity index (χ4n) is 15.8. The summed E-state index contributed by atoms with van der Waals surface area (Å²) in [6.07, 6.45) is 0. The molecule has 0 aliphatic carbocycles. The van der Waals surface area contributed by atoms with E-state index >= 15 is 0 Å². The van der Waals surface area contributed by atoms with Gasteiger partial charge in [0, 0.05) is 0 Å². The van der Waals surface area contributed by atoms with Crippen LogP contribution < -0.4 is 0 Å². The van der Waals surface area contributed by atoms with Crippen LogP contribution in [0.15, 0.2) is 0 Å². The maximum absolute atomic E-state index is 6.00. The zero-order valence-electron chi connectivity index (χ0n) is 7.02. The fraction of sp³-hybridized carbons (Fsp3) is 1.00. The zero-order valence-corrected chi connectivity index (χ0v) is 8.13. The van der Waals surface area contributed by atoms with Gasteiger partial charge in [0.1, 0.15) is 0 Å². The van der Waals surface area contributed by atoms with Crippen molar-refractivity contribution in [3.05, 3.63) is 0 Å². The van der Waals surface area contributed by atoms with Crippen molar-refractivity contribution in [3.63, 3.8) is 0 Å². The molecule has 0 radical (unpaired) electrons. The van der Waals surface area contributed by atoms with Gasteiger partial charge in [-0.15, -0.1) is 0 Å². The molecule has 2 N–H and O–H groups in total. The minimum absolute atomic E-state index is 1.59. The molecule has 2 nitrogen and oxygen atoms in total. The second-order valence-corrected chi connectivity index (χ2v) is 33.5. The van der Waals surface area contributed by atoms with Crippen molar-refractivity contribution in [1.82, 2.24) is 0 Å². The first kappa shape index (κ1) is 4.52. The van der Waals surface area contributed by atoms with Gasteiger partial charge in [-0.3, -0.25) is 10.5 Å². The SMILES string of the molecule is OO.[CH]12[CH]3[CH]4[CH]5[CH]1[Fe]23451678[CH]2[CH]1[CH]6[CH]7[CH]28. The van der Waals surface area contributed by atoms with Gasteiger partial charge < -0.3 is 0 Å². The Hall–Kier alpha value is 0.439. The molecule has 10 aliphatic rings. The zero-order chi connectivity index (χ0) is 8.09. The molecule has 3 heteroatoms. The van der Waals surface area contributed by atoms with Gasteiger partial charge in [-0.2, -0.15) is 0 Å². The van der Waals surface area contributed by atoms with Crippen LogP contribution in [-0.4, -0.2) is 10.5 Å². The van der Waals surface area contributed by atoms with Crippen molar-refractivity contribution in [1.29, 1.82) is 0 Å². The molecule has 0 aromatic carbocycles. The van der Waals surface area contributed by atoms with Crippen molar-refractivity contribution in [3.8, 4) is 0 Å². The number of hydrogen-bond donors (Lipinski definition) is 2. The van der Waals surface area contributed by atoms with E-state index in [4.69, 9.17) is 10.5 Å². The van der Waals surface area contributed by atoms with E-state index in [9.17, 15) is 0 Å². The van der Waals surface area contributed by atoms with Crippen molar-refractivity contribution in [2.75, 3.05) is 0 Å². The summed E-state index contributed by atoms with van der Waals surface area (Å²) in [4.78, 5) is 15.9. The second-order valence-electron chi connectivity index (χ2n) is 9.58. The molecule has 0 unspecified atom stereocenters. The molecule has 0 saturated carbocycles. The Morgan fingerprint density at radius 2 is 0.615 bits per heavy atom. The molecule has 10 rings (SSSR count). The Labute approximate surface area is 65.5 Å². The Bertz CT molecular complexity index is 580. The van der Waals surface area contributed by atoms with E-state index in [0.717, 1.165) is 0 Å². The number of fused-ring (bicyclic) bond motifs is 10. The van der Waals surface area contributed by atoms with E-state index in [1.807, 2.05) is 0 Å². The monoisotopic (exact) mass is 220 g/mol. The Morgan fingerprint density at radius 1 is 0.462 bits per heavy atom. The molecule has 0 atom stereocenters. The molecule has 10 aliphatic heterocycles. The van der Waals surface area contributed by atoms with Gasteiger partial charge in [0.25, 0.3) is 0 Å². The van der Waals surface area contributed by atoms with E-state index in [0.29, 0.717) is 0 Å². The summed E-state index contributed by atoms with van der Waals surface area (Å²) in [5.74, 6) is 0. The minimum atomic E-state index is -2.28. The summed E-state index contributed by atoms with van der Waals surface area (Å²) >= 11 is 0. The molecule has 1 spiro atoms. The quantitative estimate of drug-likeness (QED) is 0.373. The number of rotatable bonds is 0. The summed E-state index contributed by atoms with van der Waals surface area (Å²) in [5.41, 5.74) is 0. The summed E-state index contributed by atoms with van der Waals surface area (Å²) in [7, 11) is 0. The first-order valence-corrected chi connectivity index (χ1v) is 11.9. The van der Waals surface area contributed by atoms with Gasteiger partial charge in [-0.25, -0.2) is 0 Å². The molecule has 0 amide bonds. The van der Waals surface area contributed by atoms with Crippen molar-refractivity contribution in [2.45, 2.75) is 48.2 Å². The summed E-state index contributed by atoms with van der Waals surface area (Å²) in [5, 5.41) is 12.0. The molecular formula is C10H12FeO2. The first-order chi connectivity index (χ1) is 6.16. The molecule has 10 heterocycles. The molecule has 10 fully saturated rings. The normalized spacial score (nSPS) is 145. The van der Waals surface area contributed by atoms with Gasteiger partial charge in [0.05, 0.1) is 0 Å². The van der Waals surface area contributed by atoms with Gasteiger partial charge in [-0.05, 0) is 0 Å². The number of hydrogen-bond acceptors (Lipinski definition) is 2. The van der Waals surface area contributed by atoms with E-state index in [2.05, 4.69) is 0 Å². The predicted octanol–water partition coefficient (Wildman–Crippen LogP) is 3.39. The van der Waals surface area contributed by atoms with Gasteiger partial charge in [0.2, 0.25) is 0 Å². The summed E-state index contributed by atoms with van der Waals surface area (Å²) in [6, 6.07) is 0. The van der Waals surface area contributed by atoms with Gasteiger partial charge in [0.15, 0.2) is 0 Å². The molecule has 0 aromatic rings. The predicted molar refractivity (Wildman–Crippen MR) is 42.8 cm³/mol. The third kappa shape index (κ3) is 0.0337. The second kappa shape index (κ2) is 0.286. The van der Waals surface area contributed by atoms with Crippen molar-refractivity contribution < 1.29 is 17.0 Å². The Morgan fingerprint density at radius 3 is 0.615 bits per heavy atom. The average molecular weight is 220 g/mol. The molecule has 10 saturated heterocycles. The molecule has 13 heavy (non-hydrogen) atoms. The molecule has 72 valence electrons. The third-order valence-corrected chi connectivity index (χ3v) is 56.5. The van der Waals surface area contributed by atoms with Crippen LogP contribution in [0.1, 0.15) is 0 Å². The van der Waals surface area contributed by atoms with Gasteiger partial charge >= 0.3 is 54.7 Å². The van der Waals surface area contributed by atoms with Crippen LogP contribution in [0.5, 0.6) is 0 Å². The van der Waals surface area contributed by atoms with Crippen LogP contribution in [0.25, 0.3) is 0 Å². The van der Waals surface area contributed by atoms with Crippen molar-refractivity contribution >= 4 is 0 Å². The van der Waals surface area contributed by atoms with Gasteiger partial charge in [-0.1, -0.05) is 0 Å². The Kier molecular flexibility index (Phi) is 0.0995. The van der Waals surface area contributed by atoms with Crippen LogP contribution >= 0.6 is 0 Å². The molecule has 0 bridgehead atoms. The third-order valence-electron chi connectivity index (χ3n) is 14.5. The van der Waals surface area contributed by atoms with E-state index < -0.39 is 6.51 Å². The van der Waals surface area contributed by atoms with Crippen LogP contribution in [-0.2, 0) is 6.51 Å².